The van der Waals surface area contributed by atoms with Gasteiger partial charge in [0.25, 0.3) is 0 Å². The largest absolute Gasteiger partial charge is 0.495 e. The molecule has 0 fully saturated rings. The molecule has 0 atom stereocenters. The van der Waals surface area contributed by atoms with E-state index in [1.807, 2.05) is 17.5 Å². The van der Waals surface area contributed by atoms with Crippen molar-refractivity contribution in [3.05, 3.63) is 29.1 Å². The van der Waals surface area contributed by atoms with Crippen LogP contribution < -0.4 is 4.74 Å². The summed E-state index contributed by atoms with van der Waals surface area (Å²) < 4.78 is 10.8. The number of methoxy groups -OCH3 is 2. The maximum Gasteiger partial charge on any atom is 0.313 e. The summed E-state index contributed by atoms with van der Waals surface area (Å²) in [5.74, 6) is -0.332. The first-order chi connectivity index (χ1) is 8.67. The highest BCUT2D eigenvalue weighted by Crippen LogP contribution is 2.33. The van der Waals surface area contributed by atoms with Gasteiger partial charge in [-0.05, 0) is 23.6 Å². The molecule has 0 bridgehead atoms. The van der Waals surface area contributed by atoms with Gasteiger partial charge in [-0.25, -0.2) is 0 Å². The molecule has 0 aliphatic heterocycles. The molecule has 1 aromatic heterocycles. The number of carbonyl (C=O) groups is 2. The number of ether oxygens (including phenoxy) is 2. The summed E-state index contributed by atoms with van der Waals surface area (Å²) in [5.41, 5.74) is 0.411. The molecule has 94 valence electrons. The van der Waals surface area contributed by atoms with Crippen LogP contribution in [0.25, 0.3) is 10.1 Å². The van der Waals surface area contributed by atoms with E-state index in [-0.39, 0.29) is 12.2 Å². The van der Waals surface area contributed by atoms with E-state index in [4.69, 9.17) is 4.74 Å². The summed E-state index contributed by atoms with van der Waals surface area (Å²) >= 11 is 1.57. The van der Waals surface area contributed by atoms with E-state index in [0.29, 0.717) is 11.3 Å². The lowest BCUT2D eigenvalue weighted by Crippen LogP contribution is -2.10. The SMILES string of the molecule is COC(=O)CC(=O)c1ccc2sccc2c1OC. The monoisotopic (exact) mass is 264 g/mol. The van der Waals surface area contributed by atoms with Crippen molar-refractivity contribution in [3.63, 3.8) is 0 Å². The third-order valence-electron chi connectivity index (χ3n) is 2.62. The van der Waals surface area contributed by atoms with Gasteiger partial charge in [0.2, 0.25) is 0 Å². The minimum atomic E-state index is -0.549. The Balaban J connectivity index is 2.43. The Morgan fingerprint density at radius 3 is 2.67 bits per heavy atom. The molecular weight excluding hydrogens is 252 g/mol. The van der Waals surface area contributed by atoms with Crippen LogP contribution in [0.1, 0.15) is 16.8 Å². The Morgan fingerprint density at radius 2 is 2.00 bits per heavy atom. The molecule has 0 aliphatic carbocycles. The van der Waals surface area contributed by atoms with Crippen molar-refractivity contribution < 1.29 is 19.1 Å². The zero-order chi connectivity index (χ0) is 13.1. The third kappa shape index (κ3) is 2.22. The van der Waals surface area contributed by atoms with Gasteiger partial charge in [0, 0.05) is 10.1 Å². The first-order valence-electron chi connectivity index (χ1n) is 5.31. The maximum atomic E-state index is 12.0. The van der Waals surface area contributed by atoms with Crippen LogP contribution in [0.3, 0.4) is 0 Å². The lowest BCUT2D eigenvalue weighted by molar-refractivity contribution is -0.139. The average Bonchev–Trinajstić information content (AvgIpc) is 2.85. The number of Topliss-reactive ketones (excluding diaryl/α,β-unsaturated/α-hetero) is 1. The lowest BCUT2D eigenvalue weighted by atomic mass is 10.0. The van der Waals surface area contributed by atoms with E-state index in [0.717, 1.165) is 10.1 Å². The Hall–Kier alpha value is -1.88. The van der Waals surface area contributed by atoms with Gasteiger partial charge in [0.05, 0.1) is 19.8 Å². The summed E-state index contributed by atoms with van der Waals surface area (Å²) in [4.78, 5) is 23.1. The maximum absolute atomic E-state index is 12.0. The molecule has 2 rings (SSSR count). The van der Waals surface area contributed by atoms with Crippen LogP contribution in [0, 0.1) is 0 Å². The van der Waals surface area contributed by atoms with Gasteiger partial charge in [-0.3, -0.25) is 9.59 Å². The van der Waals surface area contributed by atoms with Gasteiger partial charge in [-0.1, -0.05) is 0 Å². The number of ketones is 1. The Kier molecular flexibility index (Phi) is 3.62. The minimum absolute atomic E-state index is 0.275. The molecule has 18 heavy (non-hydrogen) atoms. The van der Waals surface area contributed by atoms with Crippen molar-refractivity contribution in [2.24, 2.45) is 0 Å². The van der Waals surface area contributed by atoms with Crippen molar-refractivity contribution in [2.75, 3.05) is 14.2 Å². The van der Waals surface area contributed by atoms with Crippen LogP contribution in [0.2, 0.25) is 0 Å². The number of thiophene rings is 1. The van der Waals surface area contributed by atoms with Gasteiger partial charge in [-0.2, -0.15) is 0 Å². The molecule has 0 saturated heterocycles. The zero-order valence-electron chi connectivity index (χ0n) is 10.1. The van der Waals surface area contributed by atoms with E-state index in [1.54, 1.807) is 17.4 Å². The number of fused-ring (bicyclic) bond motifs is 1. The second-order valence-corrected chi connectivity index (χ2v) is 4.60. The predicted molar refractivity (Wildman–Crippen MR) is 69.3 cm³/mol. The topological polar surface area (TPSA) is 52.6 Å². The summed E-state index contributed by atoms with van der Waals surface area (Å²) in [6.45, 7) is 0. The van der Waals surface area contributed by atoms with Crippen LogP contribution in [0.4, 0.5) is 0 Å². The summed E-state index contributed by atoms with van der Waals surface area (Å²) in [6.07, 6.45) is -0.275. The van der Waals surface area contributed by atoms with E-state index >= 15 is 0 Å². The first kappa shape index (κ1) is 12.6. The third-order valence-corrected chi connectivity index (χ3v) is 3.50. The normalized spacial score (nSPS) is 10.3. The molecule has 0 aliphatic rings. The van der Waals surface area contributed by atoms with Crippen molar-refractivity contribution in [2.45, 2.75) is 6.42 Å². The van der Waals surface area contributed by atoms with E-state index < -0.39 is 5.97 Å². The zero-order valence-corrected chi connectivity index (χ0v) is 10.9. The number of rotatable bonds is 4. The number of carbonyl (C=O) groups excluding carboxylic acids is 2. The molecule has 0 saturated carbocycles. The summed E-state index contributed by atoms with van der Waals surface area (Å²) in [5, 5.41) is 2.82. The number of hydrogen-bond acceptors (Lipinski definition) is 5. The molecule has 2 aromatic rings. The van der Waals surface area contributed by atoms with E-state index in [2.05, 4.69) is 4.74 Å². The van der Waals surface area contributed by atoms with Gasteiger partial charge in [0.15, 0.2) is 5.78 Å². The van der Waals surface area contributed by atoms with Crippen molar-refractivity contribution >= 4 is 33.2 Å². The summed E-state index contributed by atoms with van der Waals surface area (Å²) in [7, 11) is 2.77. The Morgan fingerprint density at radius 1 is 1.22 bits per heavy atom. The van der Waals surface area contributed by atoms with Gasteiger partial charge in [-0.15, -0.1) is 11.3 Å². The molecule has 0 amide bonds. The van der Waals surface area contributed by atoms with E-state index in [1.165, 1.54) is 14.2 Å². The number of benzene rings is 1. The quantitative estimate of drug-likeness (QED) is 0.484. The van der Waals surface area contributed by atoms with Gasteiger partial charge < -0.3 is 9.47 Å². The first-order valence-corrected chi connectivity index (χ1v) is 6.19. The van der Waals surface area contributed by atoms with Crippen LogP contribution in [-0.4, -0.2) is 26.0 Å². The molecule has 5 heteroatoms. The molecule has 0 spiro atoms. The summed E-state index contributed by atoms with van der Waals surface area (Å²) in [6, 6.07) is 5.43. The molecular formula is C13H12O4S. The Bertz CT molecular complexity index is 600. The predicted octanol–water partition coefficient (Wildman–Crippen LogP) is 2.66. The fraction of sp³-hybridized carbons (Fsp3) is 0.231. The molecule has 0 radical (unpaired) electrons. The standard InChI is InChI=1S/C13H12O4S/c1-16-12(15)7-10(14)8-3-4-11-9(5-6-18-11)13(8)17-2/h3-6H,7H2,1-2H3. The average molecular weight is 264 g/mol. The van der Waals surface area contributed by atoms with Crippen LogP contribution in [0.15, 0.2) is 23.6 Å². The minimum Gasteiger partial charge on any atom is -0.495 e. The number of hydrogen-bond donors (Lipinski definition) is 0. The number of esters is 1. The van der Waals surface area contributed by atoms with Gasteiger partial charge >= 0.3 is 5.97 Å². The lowest BCUT2D eigenvalue weighted by Gasteiger charge is -2.08. The highest BCUT2D eigenvalue weighted by molar-refractivity contribution is 7.17. The van der Waals surface area contributed by atoms with Crippen LogP contribution in [-0.2, 0) is 9.53 Å². The second kappa shape index (κ2) is 5.18. The van der Waals surface area contributed by atoms with Crippen molar-refractivity contribution in [3.8, 4) is 5.75 Å². The van der Waals surface area contributed by atoms with Crippen molar-refractivity contribution in [1.29, 1.82) is 0 Å². The second-order valence-electron chi connectivity index (χ2n) is 3.65. The molecule has 0 unspecified atom stereocenters. The molecule has 0 N–H and O–H groups in total. The van der Waals surface area contributed by atoms with E-state index in [9.17, 15) is 9.59 Å². The molecule has 1 aromatic carbocycles. The van der Waals surface area contributed by atoms with Crippen molar-refractivity contribution in [1.82, 2.24) is 0 Å². The fourth-order valence-corrected chi connectivity index (χ4v) is 2.54. The smallest absolute Gasteiger partial charge is 0.313 e. The Labute approximate surface area is 108 Å². The highest BCUT2D eigenvalue weighted by Gasteiger charge is 2.18. The fourth-order valence-electron chi connectivity index (χ4n) is 1.76. The van der Waals surface area contributed by atoms with Crippen LogP contribution in [0.5, 0.6) is 5.75 Å². The van der Waals surface area contributed by atoms with Crippen LogP contribution >= 0.6 is 11.3 Å². The molecule has 4 nitrogen and oxygen atoms in total. The van der Waals surface area contributed by atoms with Gasteiger partial charge in [0.1, 0.15) is 12.2 Å². The molecule has 1 heterocycles. The highest BCUT2D eigenvalue weighted by atomic mass is 32.1.